The molecule has 4 aromatic carbocycles. The first-order chi connectivity index (χ1) is 14.8. The highest BCUT2D eigenvalue weighted by atomic mass is 79.9. The van der Waals surface area contributed by atoms with Crippen LogP contribution in [-0.4, -0.2) is 9.55 Å². The number of para-hydroxylation sites is 2. The molecule has 0 saturated carbocycles. The van der Waals surface area contributed by atoms with Gasteiger partial charge in [-0.3, -0.25) is 4.98 Å². The molecule has 0 atom stereocenters. The van der Waals surface area contributed by atoms with E-state index in [1.165, 1.54) is 10.9 Å². The Morgan fingerprint density at radius 1 is 0.767 bits per heavy atom. The molecular weight excluding hydrogens is 432 g/mol. The highest BCUT2D eigenvalue weighted by molar-refractivity contribution is 9.10. The topological polar surface area (TPSA) is 17.8 Å². The zero-order valence-corrected chi connectivity index (χ0v) is 17.6. The fourth-order valence-corrected chi connectivity index (χ4v) is 4.72. The first-order valence-electron chi connectivity index (χ1n) is 9.85. The molecule has 1 radical (unpaired) electrons. The molecule has 0 N–H and O–H groups in total. The molecule has 6 aromatic rings. The Morgan fingerprint density at radius 2 is 1.57 bits per heavy atom. The predicted molar refractivity (Wildman–Crippen MR) is 128 cm³/mol. The maximum absolute atomic E-state index is 4.67. The second kappa shape index (κ2) is 6.82. The van der Waals surface area contributed by atoms with E-state index in [1.807, 2.05) is 12.3 Å². The number of nitrogens with zero attached hydrogens (tertiary/aromatic N) is 2. The molecule has 0 aliphatic carbocycles. The van der Waals surface area contributed by atoms with E-state index >= 15 is 0 Å². The van der Waals surface area contributed by atoms with Crippen molar-refractivity contribution in [2.75, 3.05) is 0 Å². The van der Waals surface area contributed by atoms with Crippen LogP contribution in [0.25, 0.3) is 49.5 Å². The van der Waals surface area contributed by atoms with E-state index in [-0.39, 0.29) is 0 Å². The largest absolute Gasteiger partial charge is 0.309 e. The molecule has 0 unspecified atom stereocenters. The van der Waals surface area contributed by atoms with E-state index in [0.29, 0.717) is 0 Å². The van der Waals surface area contributed by atoms with Gasteiger partial charge < -0.3 is 4.57 Å². The highest BCUT2D eigenvalue weighted by Gasteiger charge is 2.14. The average Bonchev–Trinajstić information content (AvgIpc) is 3.14. The molecule has 0 spiro atoms. The number of pyridine rings is 1. The third kappa shape index (κ3) is 2.59. The molecule has 30 heavy (non-hydrogen) atoms. The van der Waals surface area contributed by atoms with E-state index in [1.54, 1.807) is 0 Å². The van der Waals surface area contributed by atoms with Gasteiger partial charge in [-0.25, -0.2) is 0 Å². The summed E-state index contributed by atoms with van der Waals surface area (Å²) in [5.74, 6) is 0. The monoisotopic (exact) mass is 447 g/mol. The summed E-state index contributed by atoms with van der Waals surface area (Å²) in [5.41, 5.74) is 6.68. The molecule has 0 aliphatic heterocycles. The van der Waals surface area contributed by atoms with Crippen molar-refractivity contribution in [3.63, 3.8) is 0 Å². The highest BCUT2D eigenvalue weighted by Crippen LogP contribution is 2.37. The summed E-state index contributed by atoms with van der Waals surface area (Å²) in [5, 5.41) is 3.45. The van der Waals surface area contributed by atoms with Crippen LogP contribution in [0.2, 0.25) is 0 Å². The minimum absolute atomic E-state index is 0.988. The van der Waals surface area contributed by atoms with Crippen molar-refractivity contribution in [1.29, 1.82) is 0 Å². The van der Waals surface area contributed by atoms with Gasteiger partial charge in [0, 0.05) is 38.1 Å². The predicted octanol–water partition coefficient (Wildman–Crippen LogP) is 7.56. The average molecular weight is 448 g/mol. The Labute approximate surface area is 182 Å². The fourth-order valence-electron chi connectivity index (χ4n) is 4.27. The second-order valence-electron chi connectivity index (χ2n) is 7.33. The van der Waals surface area contributed by atoms with Crippen molar-refractivity contribution in [3.8, 4) is 16.8 Å². The molecule has 2 heterocycles. The minimum Gasteiger partial charge on any atom is -0.309 e. The van der Waals surface area contributed by atoms with E-state index in [2.05, 4.69) is 116 Å². The summed E-state index contributed by atoms with van der Waals surface area (Å²) in [6, 6.07) is 35.2. The number of benzene rings is 4. The third-order valence-electron chi connectivity index (χ3n) is 5.62. The van der Waals surface area contributed by atoms with Crippen LogP contribution < -0.4 is 0 Å². The molecule has 141 valence electrons. The van der Waals surface area contributed by atoms with Gasteiger partial charge in [-0.1, -0.05) is 64.5 Å². The van der Waals surface area contributed by atoms with E-state index < -0.39 is 0 Å². The van der Waals surface area contributed by atoms with Gasteiger partial charge in [0.25, 0.3) is 0 Å². The normalized spacial score (nSPS) is 11.5. The standard InChI is InChI=1S/C27H16BrN2/c28-24-15-14-20(27-23(24)10-6-16-29-27)18-12-13-22-21-9-4-5-11-25(21)30(26(22)17-18)19-7-2-1-3-8-19/h1-12,14-17H. The first-order valence-corrected chi connectivity index (χ1v) is 10.6. The first kappa shape index (κ1) is 17.4. The van der Waals surface area contributed by atoms with Crippen LogP contribution in [-0.2, 0) is 0 Å². The van der Waals surface area contributed by atoms with E-state index in [9.17, 15) is 0 Å². The summed E-state index contributed by atoms with van der Waals surface area (Å²) in [6.07, 6.45) is 1.85. The Bertz CT molecular complexity index is 1550. The van der Waals surface area contributed by atoms with Gasteiger partial charge >= 0.3 is 0 Å². The molecular formula is C27H16BrN2. The molecule has 3 heteroatoms. The second-order valence-corrected chi connectivity index (χ2v) is 8.19. The van der Waals surface area contributed by atoms with Crippen LogP contribution in [0.3, 0.4) is 0 Å². The minimum atomic E-state index is 0.988. The molecule has 0 aliphatic rings. The van der Waals surface area contributed by atoms with Crippen molar-refractivity contribution in [3.05, 3.63) is 108 Å². The summed E-state index contributed by atoms with van der Waals surface area (Å²) >= 11 is 3.66. The third-order valence-corrected chi connectivity index (χ3v) is 6.31. The summed E-state index contributed by atoms with van der Waals surface area (Å²) in [7, 11) is 0. The molecule has 0 amide bonds. The molecule has 0 saturated heterocycles. The maximum Gasteiger partial charge on any atom is 0.0791 e. The molecule has 0 fully saturated rings. The molecule has 2 aromatic heterocycles. The Morgan fingerprint density at radius 3 is 2.47 bits per heavy atom. The zero-order chi connectivity index (χ0) is 20.1. The summed E-state index contributed by atoms with van der Waals surface area (Å²) < 4.78 is 3.37. The van der Waals surface area contributed by atoms with Crippen molar-refractivity contribution >= 4 is 48.6 Å². The van der Waals surface area contributed by atoms with Crippen LogP contribution in [0.4, 0.5) is 0 Å². The molecule has 6 rings (SSSR count). The smallest absolute Gasteiger partial charge is 0.0791 e. The van der Waals surface area contributed by atoms with Crippen LogP contribution in [0.5, 0.6) is 0 Å². The van der Waals surface area contributed by atoms with Gasteiger partial charge in [0.05, 0.1) is 16.6 Å². The van der Waals surface area contributed by atoms with Crippen LogP contribution in [0.15, 0.2) is 102 Å². The van der Waals surface area contributed by atoms with Crippen LogP contribution in [0, 0.1) is 6.07 Å². The number of fused-ring (bicyclic) bond motifs is 4. The lowest BCUT2D eigenvalue weighted by molar-refractivity contribution is 1.18. The number of rotatable bonds is 2. The maximum atomic E-state index is 4.67. The lowest BCUT2D eigenvalue weighted by atomic mass is 10.0. The lowest BCUT2D eigenvalue weighted by Crippen LogP contribution is -1.93. The number of halogens is 1. The van der Waals surface area contributed by atoms with Gasteiger partial charge in [0.1, 0.15) is 0 Å². The van der Waals surface area contributed by atoms with Crippen molar-refractivity contribution in [1.82, 2.24) is 9.55 Å². The van der Waals surface area contributed by atoms with Crippen molar-refractivity contribution in [2.45, 2.75) is 0 Å². The number of aromatic nitrogens is 2. The number of hydrogen-bond acceptors (Lipinski definition) is 1. The zero-order valence-electron chi connectivity index (χ0n) is 16.0. The Kier molecular flexibility index (Phi) is 3.96. The molecule has 0 bridgehead atoms. The lowest BCUT2D eigenvalue weighted by Gasteiger charge is -2.10. The van der Waals surface area contributed by atoms with E-state index in [0.717, 1.165) is 43.1 Å². The van der Waals surface area contributed by atoms with Gasteiger partial charge in [0.15, 0.2) is 0 Å². The molecule has 2 nitrogen and oxygen atoms in total. The number of hydrogen-bond donors (Lipinski definition) is 0. The van der Waals surface area contributed by atoms with Crippen LogP contribution >= 0.6 is 15.9 Å². The van der Waals surface area contributed by atoms with Gasteiger partial charge in [-0.15, -0.1) is 0 Å². The van der Waals surface area contributed by atoms with Crippen molar-refractivity contribution in [2.24, 2.45) is 0 Å². The van der Waals surface area contributed by atoms with Gasteiger partial charge in [-0.05, 0) is 54.1 Å². The summed E-state index contributed by atoms with van der Waals surface area (Å²) in [4.78, 5) is 4.67. The van der Waals surface area contributed by atoms with Crippen molar-refractivity contribution < 1.29 is 0 Å². The fraction of sp³-hybridized carbons (Fsp3) is 0. The van der Waals surface area contributed by atoms with E-state index in [4.69, 9.17) is 0 Å². The Balaban J connectivity index is 1.70. The quantitative estimate of drug-likeness (QED) is 0.267. The van der Waals surface area contributed by atoms with Crippen LogP contribution in [0.1, 0.15) is 0 Å². The Hall–Kier alpha value is -3.43. The van der Waals surface area contributed by atoms with Gasteiger partial charge in [-0.2, -0.15) is 0 Å². The summed E-state index contributed by atoms with van der Waals surface area (Å²) in [6.45, 7) is 0. The SMILES string of the molecule is Brc1ccc(-c2c[c]c3c4ccccc4n(-c4ccccc4)c3c2)c2ncccc12. The van der Waals surface area contributed by atoms with Gasteiger partial charge in [0.2, 0.25) is 0 Å².